The van der Waals surface area contributed by atoms with E-state index < -0.39 is 0 Å². The first-order valence-corrected chi connectivity index (χ1v) is 8.48. The van der Waals surface area contributed by atoms with E-state index in [4.69, 9.17) is 0 Å². The summed E-state index contributed by atoms with van der Waals surface area (Å²) in [6, 6.07) is 4.60. The van der Waals surface area contributed by atoms with Crippen LogP contribution in [0.4, 0.5) is 0 Å². The van der Waals surface area contributed by atoms with Crippen molar-refractivity contribution in [3.05, 3.63) is 21.9 Å². The molecule has 1 aromatic heterocycles. The summed E-state index contributed by atoms with van der Waals surface area (Å²) in [5.41, 5.74) is 0. The second kappa shape index (κ2) is 7.23. The number of piperidine rings is 1. The van der Waals surface area contributed by atoms with Gasteiger partial charge in [-0.25, -0.2) is 0 Å². The summed E-state index contributed by atoms with van der Waals surface area (Å²) < 4.78 is 0. The molecule has 1 saturated heterocycles. The molecular weight excluding hydrogens is 268 g/mol. The van der Waals surface area contributed by atoms with Crippen molar-refractivity contribution >= 4 is 17.2 Å². The lowest BCUT2D eigenvalue weighted by Crippen LogP contribution is -2.49. The number of carbonyl (C=O) groups excluding carboxylic acids is 1. The van der Waals surface area contributed by atoms with E-state index in [0.717, 1.165) is 32.4 Å². The van der Waals surface area contributed by atoms with Gasteiger partial charge in [-0.3, -0.25) is 4.79 Å². The van der Waals surface area contributed by atoms with Gasteiger partial charge in [0.1, 0.15) is 0 Å². The van der Waals surface area contributed by atoms with E-state index in [0.29, 0.717) is 6.04 Å². The average Bonchev–Trinajstić information content (AvgIpc) is 2.84. The molecule has 2 heterocycles. The summed E-state index contributed by atoms with van der Waals surface area (Å²) in [5.74, 6) is 0.263. The third kappa shape index (κ3) is 4.32. The summed E-state index contributed by atoms with van der Waals surface area (Å²) in [5, 5.41) is 3.45. The van der Waals surface area contributed by atoms with Crippen LogP contribution in [0.25, 0.3) is 0 Å². The van der Waals surface area contributed by atoms with Crippen LogP contribution in [0.15, 0.2) is 12.1 Å². The monoisotopic (exact) mass is 294 g/mol. The Kier molecular flexibility index (Phi) is 5.61. The molecule has 0 aromatic carbocycles. The second-order valence-corrected chi connectivity index (χ2v) is 7.26. The maximum absolute atomic E-state index is 12.4. The van der Waals surface area contributed by atoms with Crippen LogP contribution in [0.5, 0.6) is 0 Å². The first-order chi connectivity index (χ1) is 9.56. The third-order valence-electron chi connectivity index (χ3n) is 3.88. The summed E-state index contributed by atoms with van der Waals surface area (Å²) in [6.45, 7) is 8.16. The minimum atomic E-state index is -0.0795. The Hall–Kier alpha value is -0.870. The Balaban J connectivity index is 1.80. The molecule has 3 nitrogen and oxygen atoms in total. The molecule has 1 amide bonds. The first-order valence-electron chi connectivity index (χ1n) is 7.66. The number of thiophene rings is 1. The third-order valence-corrected chi connectivity index (χ3v) is 4.90. The van der Waals surface area contributed by atoms with Gasteiger partial charge in [0.2, 0.25) is 5.91 Å². The fourth-order valence-electron chi connectivity index (χ4n) is 2.84. The number of nitrogens with zero attached hydrogens (tertiary/aromatic N) is 1. The second-order valence-electron chi connectivity index (χ2n) is 5.89. The van der Waals surface area contributed by atoms with Crippen LogP contribution >= 0.6 is 11.3 Å². The van der Waals surface area contributed by atoms with Crippen LogP contribution in [0.1, 0.15) is 42.9 Å². The van der Waals surface area contributed by atoms with Crippen LogP contribution in [0.3, 0.4) is 0 Å². The van der Waals surface area contributed by atoms with Gasteiger partial charge in [-0.1, -0.05) is 0 Å². The Morgan fingerprint density at radius 3 is 2.60 bits per heavy atom. The average molecular weight is 294 g/mol. The number of hydrogen-bond donors (Lipinski definition) is 1. The number of likely N-dealkylation sites (tertiary alicyclic amines) is 1. The van der Waals surface area contributed by atoms with Crippen LogP contribution in [-0.2, 0) is 11.2 Å². The van der Waals surface area contributed by atoms with Gasteiger partial charge >= 0.3 is 0 Å². The standard InChI is InChI=1S/C16H26N2OS/c1-12(11-15-8-7-13(2)20-15)17-14(3)16(19)18-9-5-4-6-10-18/h7-8,12,14,17H,4-6,9-11H2,1-3H3. The van der Waals surface area contributed by atoms with Crippen molar-refractivity contribution in [3.8, 4) is 0 Å². The van der Waals surface area contributed by atoms with Crippen molar-refractivity contribution in [2.75, 3.05) is 13.1 Å². The van der Waals surface area contributed by atoms with Crippen molar-refractivity contribution in [1.29, 1.82) is 0 Å². The summed E-state index contributed by atoms with van der Waals surface area (Å²) in [6.07, 6.45) is 4.57. The Bertz CT molecular complexity index is 437. The smallest absolute Gasteiger partial charge is 0.239 e. The van der Waals surface area contributed by atoms with Crippen LogP contribution in [0, 0.1) is 6.92 Å². The molecule has 4 heteroatoms. The molecule has 0 radical (unpaired) electrons. The van der Waals surface area contributed by atoms with E-state index in [-0.39, 0.29) is 11.9 Å². The minimum absolute atomic E-state index is 0.0795. The van der Waals surface area contributed by atoms with Crippen molar-refractivity contribution in [1.82, 2.24) is 10.2 Å². The van der Waals surface area contributed by atoms with Gasteiger partial charge in [0.05, 0.1) is 6.04 Å². The Morgan fingerprint density at radius 2 is 2.00 bits per heavy atom. The largest absolute Gasteiger partial charge is 0.341 e. The number of carbonyl (C=O) groups is 1. The summed E-state index contributed by atoms with van der Waals surface area (Å²) in [4.78, 5) is 17.1. The summed E-state index contributed by atoms with van der Waals surface area (Å²) in [7, 11) is 0. The topological polar surface area (TPSA) is 32.3 Å². The predicted molar refractivity (Wildman–Crippen MR) is 85.3 cm³/mol. The number of rotatable bonds is 5. The minimum Gasteiger partial charge on any atom is -0.341 e. The van der Waals surface area contributed by atoms with E-state index in [1.165, 1.54) is 16.2 Å². The van der Waals surface area contributed by atoms with E-state index in [9.17, 15) is 4.79 Å². The molecule has 1 fully saturated rings. The molecule has 2 rings (SSSR count). The first kappa shape index (κ1) is 15.5. The number of amides is 1. The number of hydrogen-bond acceptors (Lipinski definition) is 3. The molecule has 0 aliphatic carbocycles. The van der Waals surface area contributed by atoms with E-state index in [1.54, 1.807) is 0 Å². The maximum atomic E-state index is 12.4. The highest BCUT2D eigenvalue weighted by atomic mass is 32.1. The van der Waals surface area contributed by atoms with Crippen LogP contribution in [-0.4, -0.2) is 36.0 Å². The lowest BCUT2D eigenvalue weighted by molar-refractivity contribution is -0.134. The maximum Gasteiger partial charge on any atom is 0.239 e. The molecule has 2 atom stereocenters. The van der Waals surface area contributed by atoms with Crippen molar-refractivity contribution in [2.24, 2.45) is 0 Å². The fraction of sp³-hybridized carbons (Fsp3) is 0.688. The number of aryl methyl sites for hydroxylation is 1. The van der Waals surface area contributed by atoms with Gasteiger partial charge in [0, 0.05) is 28.9 Å². The lowest BCUT2D eigenvalue weighted by Gasteiger charge is -2.30. The quantitative estimate of drug-likeness (QED) is 0.905. The fourth-order valence-corrected chi connectivity index (χ4v) is 3.86. The van der Waals surface area contributed by atoms with Gasteiger partial charge in [-0.05, 0) is 58.6 Å². The Labute approximate surface area is 126 Å². The molecule has 1 aliphatic rings. The molecule has 2 unspecified atom stereocenters. The van der Waals surface area contributed by atoms with Crippen molar-refractivity contribution in [3.63, 3.8) is 0 Å². The molecule has 0 spiro atoms. The van der Waals surface area contributed by atoms with Crippen molar-refractivity contribution < 1.29 is 4.79 Å². The highest BCUT2D eigenvalue weighted by Gasteiger charge is 2.23. The van der Waals surface area contributed by atoms with Gasteiger partial charge in [0.15, 0.2) is 0 Å². The highest BCUT2D eigenvalue weighted by Crippen LogP contribution is 2.17. The normalized spacial score (nSPS) is 18.9. The molecule has 112 valence electrons. The Morgan fingerprint density at radius 1 is 1.30 bits per heavy atom. The van der Waals surface area contributed by atoms with Crippen LogP contribution in [0.2, 0.25) is 0 Å². The lowest BCUT2D eigenvalue weighted by atomic mass is 10.1. The van der Waals surface area contributed by atoms with Gasteiger partial charge in [-0.2, -0.15) is 0 Å². The zero-order valence-corrected chi connectivity index (χ0v) is 13.6. The van der Waals surface area contributed by atoms with Crippen LogP contribution < -0.4 is 5.32 Å². The van der Waals surface area contributed by atoms with E-state index >= 15 is 0 Å². The number of nitrogens with one attached hydrogen (secondary N) is 1. The molecular formula is C16H26N2OS. The molecule has 0 bridgehead atoms. The van der Waals surface area contributed by atoms with E-state index in [2.05, 4.69) is 31.3 Å². The predicted octanol–water partition coefficient (Wildman–Crippen LogP) is 2.98. The zero-order chi connectivity index (χ0) is 14.5. The summed E-state index contributed by atoms with van der Waals surface area (Å²) >= 11 is 1.84. The van der Waals surface area contributed by atoms with Gasteiger partial charge < -0.3 is 10.2 Å². The van der Waals surface area contributed by atoms with Crippen molar-refractivity contribution in [2.45, 2.75) is 58.5 Å². The molecule has 20 heavy (non-hydrogen) atoms. The molecule has 1 N–H and O–H groups in total. The van der Waals surface area contributed by atoms with E-state index in [1.807, 2.05) is 23.2 Å². The van der Waals surface area contributed by atoms with Gasteiger partial charge in [0.25, 0.3) is 0 Å². The molecule has 1 aromatic rings. The molecule has 0 saturated carbocycles. The molecule has 1 aliphatic heterocycles. The van der Waals surface area contributed by atoms with Gasteiger partial charge in [-0.15, -0.1) is 11.3 Å². The SMILES string of the molecule is Cc1ccc(CC(C)NC(C)C(=O)N2CCCCC2)s1. The zero-order valence-electron chi connectivity index (χ0n) is 12.8. The highest BCUT2D eigenvalue weighted by molar-refractivity contribution is 7.11.